The highest BCUT2D eigenvalue weighted by Crippen LogP contribution is 2.42. The zero-order chi connectivity index (χ0) is 33.2. The van der Waals surface area contributed by atoms with Crippen LogP contribution in [0, 0.1) is 0 Å². The van der Waals surface area contributed by atoms with E-state index in [1.807, 2.05) is 36.4 Å². The molecule has 0 saturated carbocycles. The summed E-state index contributed by atoms with van der Waals surface area (Å²) >= 11 is 14.2. The summed E-state index contributed by atoms with van der Waals surface area (Å²) in [6, 6.07) is 18.2. The minimum absolute atomic E-state index is 0.107. The molecule has 0 aliphatic carbocycles. The SMILES string of the molecule is COc1nc(-c2cccc(-c3ccnc(-c4ccc5c(CNC[C@H]6CCO6)cn(C)c5c4)c3Cl)c2Cl)ccc1CNC[C@@H]1CCC(=O)N1. The fourth-order valence-corrected chi connectivity index (χ4v) is 7.15. The third kappa shape index (κ3) is 6.66. The van der Waals surface area contributed by atoms with Crippen molar-refractivity contribution in [2.45, 2.75) is 44.5 Å². The second kappa shape index (κ2) is 14.2. The third-order valence-electron chi connectivity index (χ3n) is 9.21. The van der Waals surface area contributed by atoms with Gasteiger partial charge in [0.1, 0.15) is 0 Å². The van der Waals surface area contributed by atoms with Gasteiger partial charge >= 0.3 is 0 Å². The zero-order valence-corrected chi connectivity index (χ0v) is 28.5. The zero-order valence-electron chi connectivity index (χ0n) is 27.0. The van der Waals surface area contributed by atoms with Crippen molar-refractivity contribution in [3.05, 3.63) is 88.2 Å². The summed E-state index contributed by atoms with van der Waals surface area (Å²) in [5, 5.41) is 12.2. The predicted molar refractivity (Wildman–Crippen MR) is 190 cm³/mol. The maximum atomic E-state index is 11.5. The lowest BCUT2D eigenvalue weighted by Crippen LogP contribution is -2.36. The van der Waals surface area contributed by atoms with Gasteiger partial charge in [0.05, 0.1) is 34.6 Å². The van der Waals surface area contributed by atoms with Crippen LogP contribution in [0.3, 0.4) is 0 Å². The van der Waals surface area contributed by atoms with E-state index in [9.17, 15) is 4.79 Å². The molecular weight excluding hydrogens is 647 g/mol. The fourth-order valence-electron chi connectivity index (χ4n) is 6.50. The number of rotatable bonds is 12. The molecule has 3 aromatic heterocycles. The van der Waals surface area contributed by atoms with E-state index in [0.717, 1.165) is 65.9 Å². The van der Waals surface area contributed by atoms with Crippen LogP contribution in [0.15, 0.2) is 67.0 Å². The smallest absolute Gasteiger partial charge is 0.220 e. The Bertz CT molecular complexity index is 1970. The average Bonchev–Trinajstić information content (AvgIpc) is 3.64. The second-order valence-corrected chi connectivity index (χ2v) is 13.2. The van der Waals surface area contributed by atoms with Crippen LogP contribution in [0.2, 0.25) is 10.0 Å². The maximum absolute atomic E-state index is 11.5. The van der Waals surface area contributed by atoms with Gasteiger partial charge in [-0.05, 0) is 36.6 Å². The second-order valence-electron chi connectivity index (χ2n) is 12.4. The number of benzene rings is 2. The number of pyridine rings is 2. The first-order chi connectivity index (χ1) is 23.4. The number of nitrogens with zero attached hydrogens (tertiary/aromatic N) is 3. The van der Waals surface area contributed by atoms with Gasteiger partial charge in [0.25, 0.3) is 0 Å². The summed E-state index contributed by atoms with van der Waals surface area (Å²) in [7, 11) is 3.67. The highest BCUT2D eigenvalue weighted by atomic mass is 35.5. The molecule has 2 saturated heterocycles. The number of ether oxygens (including phenoxy) is 2. The molecule has 2 atom stereocenters. The van der Waals surface area contributed by atoms with Crippen molar-refractivity contribution in [1.82, 2.24) is 30.5 Å². The molecule has 0 radical (unpaired) electrons. The van der Waals surface area contributed by atoms with Crippen molar-refractivity contribution in [2.75, 3.05) is 26.8 Å². The van der Waals surface area contributed by atoms with Gasteiger partial charge in [-0.1, -0.05) is 59.6 Å². The normalized spacial score (nSPS) is 17.5. The van der Waals surface area contributed by atoms with Crippen LogP contribution in [0.4, 0.5) is 0 Å². The van der Waals surface area contributed by atoms with Gasteiger partial charge in [-0.3, -0.25) is 9.78 Å². The van der Waals surface area contributed by atoms with Crippen molar-refractivity contribution in [2.24, 2.45) is 7.05 Å². The maximum Gasteiger partial charge on any atom is 0.220 e. The van der Waals surface area contributed by atoms with Gasteiger partial charge in [0, 0.05) is 103 Å². The van der Waals surface area contributed by atoms with E-state index in [1.165, 1.54) is 10.9 Å². The Morgan fingerprint density at radius 2 is 1.77 bits per heavy atom. The molecule has 2 aliphatic heterocycles. The van der Waals surface area contributed by atoms with Crippen LogP contribution in [-0.2, 0) is 29.7 Å². The van der Waals surface area contributed by atoms with E-state index in [-0.39, 0.29) is 11.9 Å². The molecule has 2 fully saturated rings. The van der Waals surface area contributed by atoms with E-state index in [2.05, 4.69) is 52.0 Å². The monoisotopic (exact) mass is 684 g/mol. The highest BCUT2D eigenvalue weighted by Gasteiger charge is 2.22. The molecule has 5 aromatic rings. The first-order valence-corrected chi connectivity index (χ1v) is 17.0. The van der Waals surface area contributed by atoms with Crippen molar-refractivity contribution >= 4 is 40.0 Å². The predicted octanol–water partition coefficient (Wildman–Crippen LogP) is 6.53. The van der Waals surface area contributed by atoms with Crippen LogP contribution >= 0.6 is 23.2 Å². The van der Waals surface area contributed by atoms with Crippen LogP contribution in [0.1, 0.15) is 30.4 Å². The number of amides is 1. The number of hydrogen-bond donors (Lipinski definition) is 3. The van der Waals surface area contributed by atoms with E-state index in [1.54, 1.807) is 13.3 Å². The first kappa shape index (κ1) is 32.6. The van der Waals surface area contributed by atoms with E-state index in [0.29, 0.717) is 52.9 Å². The van der Waals surface area contributed by atoms with Crippen molar-refractivity contribution in [3.8, 4) is 39.5 Å². The van der Waals surface area contributed by atoms with Crippen LogP contribution in [0.5, 0.6) is 5.88 Å². The molecule has 248 valence electrons. The molecule has 11 heteroatoms. The number of nitrogens with one attached hydrogen (secondary N) is 3. The van der Waals surface area contributed by atoms with Gasteiger partial charge in [0.15, 0.2) is 0 Å². The Kier molecular flexibility index (Phi) is 9.66. The number of carbonyl (C=O) groups is 1. The molecule has 0 spiro atoms. The van der Waals surface area contributed by atoms with Crippen LogP contribution in [0.25, 0.3) is 44.5 Å². The van der Waals surface area contributed by atoms with Crippen LogP contribution in [-0.4, -0.2) is 59.4 Å². The highest BCUT2D eigenvalue weighted by molar-refractivity contribution is 6.39. The lowest BCUT2D eigenvalue weighted by atomic mass is 9.99. The van der Waals surface area contributed by atoms with Gasteiger partial charge < -0.3 is 30.0 Å². The summed E-state index contributed by atoms with van der Waals surface area (Å²) in [5.41, 5.74) is 7.92. The summed E-state index contributed by atoms with van der Waals surface area (Å²) in [5.74, 6) is 0.624. The van der Waals surface area contributed by atoms with Crippen LogP contribution < -0.4 is 20.7 Å². The van der Waals surface area contributed by atoms with Gasteiger partial charge in [0.2, 0.25) is 11.8 Å². The van der Waals surface area contributed by atoms with E-state index >= 15 is 0 Å². The van der Waals surface area contributed by atoms with Crippen molar-refractivity contribution < 1.29 is 14.3 Å². The lowest BCUT2D eigenvalue weighted by molar-refractivity contribution is -0.119. The summed E-state index contributed by atoms with van der Waals surface area (Å²) < 4.78 is 13.3. The summed E-state index contributed by atoms with van der Waals surface area (Å²) in [6.07, 6.45) is 6.81. The molecular formula is C37H38Cl2N6O3. The number of fused-ring (bicyclic) bond motifs is 1. The molecule has 7 rings (SSSR count). The average molecular weight is 686 g/mol. The van der Waals surface area contributed by atoms with Gasteiger partial charge in [-0.2, -0.15) is 0 Å². The molecule has 9 nitrogen and oxygen atoms in total. The minimum Gasteiger partial charge on any atom is -0.481 e. The summed E-state index contributed by atoms with van der Waals surface area (Å²) in [4.78, 5) is 21.0. The van der Waals surface area contributed by atoms with Crippen molar-refractivity contribution in [3.63, 3.8) is 0 Å². The topological polar surface area (TPSA) is 102 Å². The van der Waals surface area contributed by atoms with E-state index in [4.69, 9.17) is 42.6 Å². The molecule has 5 heterocycles. The Morgan fingerprint density at radius 1 is 0.979 bits per heavy atom. The first-order valence-electron chi connectivity index (χ1n) is 16.3. The van der Waals surface area contributed by atoms with Gasteiger partial charge in [-0.25, -0.2) is 4.98 Å². The standard InChI is InChI=1S/C37H38Cl2N6O3/c1-45-21-24(18-41-20-26-13-15-48-26)27-9-6-22(16-32(27)45)36-35(39)29(12-14-42-36)28-4-3-5-30(34(28)38)31-10-7-23(37(44-31)47-2)17-40-19-25-8-11-33(46)43-25/h3-7,9-10,12,14,16,21,25-26,40-41H,8,11,13,15,17-20H2,1-2H3,(H,43,46)/t25-,26+/m0/s1. The largest absolute Gasteiger partial charge is 0.481 e. The van der Waals surface area contributed by atoms with Gasteiger partial charge in [-0.15, -0.1) is 0 Å². The molecule has 3 N–H and O–H groups in total. The molecule has 2 aromatic carbocycles. The Labute approximate surface area is 290 Å². The van der Waals surface area contributed by atoms with E-state index < -0.39 is 0 Å². The number of aryl methyl sites for hydroxylation is 1. The third-order valence-corrected chi connectivity index (χ3v) is 9.99. The molecule has 2 aliphatic rings. The summed E-state index contributed by atoms with van der Waals surface area (Å²) in [6.45, 7) is 3.76. The molecule has 0 unspecified atom stereocenters. The lowest BCUT2D eigenvalue weighted by Gasteiger charge is -2.26. The number of hydrogen-bond acceptors (Lipinski definition) is 7. The fraction of sp³-hybridized carbons (Fsp3) is 0.324. The number of carbonyl (C=O) groups excluding carboxylic acids is 1. The Balaban J connectivity index is 1.12. The molecule has 48 heavy (non-hydrogen) atoms. The Morgan fingerprint density at radius 3 is 2.54 bits per heavy atom. The minimum atomic E-state index is 0.107. The number of aromatic nitrogens is 3. The molecule has 0 bridgehead atoms. The molecule has 1 amide bonds. The Hall–Kier alpha value is -3.99. The number of methoxy groups -OCH3 is 1. The quantitative estimate of drug-likeness (QED) is 0.137. The number of halogens is 2. The van der Waals surface area contributed by atoms with Crippen molar-refractivity contribution in [1.29, 1.82) is 0 Å².